The molecule has 0 atom stereocenters. The maximum Gasteiger partial charge on any atom is 0.234 e. The largest absolute Gasteiger partial charge is 0.325 e. The summed E-state index contributed by atoms with van der Waals surface area (Å²) in [6.45, 7) is 6.23. The number of nitrogens with zero attached hydrogens (tertiary/aromatic N) is 3. The second-order valence-electron chi connectivity index (χ2n) is 5.93. The van der Waals surface area contributed by atoms with Gasteiger partial charge in [-0.25, -0.2) is 0 Å². The average Bonchev–Trinajstić information content (AvgIpc) is 3.07. The van der Waals surface area contributed by atoms with Crippen LogP contribution in [0.5, 0.6) is 0 Å². The predicted molar refractivity (Wildman–Crippen MR) is 119 cm³/mol. The molecule has 1 amide bonds. The van der Waals surface area contributed by atoms with E-state index in [9.17, 15) is 4.79 Å². The van der Waals surface area contributed by atoms with Gasteiger partial charge in [-0.1, -0.05) is 69.6 Å². The van der Waals surface area contributed by atoms with Crippen LogP contribution in [0.4, 0.5) is 5.69 Å². The molecule has 0 fully saturated rings. The van der Waals surface area contributed by atoms with E-state index in [2.05, 4.69) is 38.0 Å². The SMILES string of the molecule is C=CCn1c(SCC(=O)Nc2cccc(Cl)c2C)nnc1-c1ccccc1Br. The van der Waals surface area contributed by atoms with Crippen LogP contribution >= 0.6 is 39.3 Å². The molecule has 0 radical (unpaired) electrons. The zero-order valence-electron chi connectivity index (χ0n) is 15.2. The summed E-state index contributed by atoms with van der Waals surface area (Å²) in [4.78, 5) is 12.4. The number of anilines is 1. The third kappa shape index (κ3) is 4.66. The molecule has 3 aromatic rings. The number of hydrogen-bond donors (Lipinski definition) is 1. The summed E-state index contributed by atoms with van der Waals surface area (Å²) >= 11 is 11.0. The number of hydrogen-bond acceptors (Lipinski definition) is 4. The fourth-order valence-electron chi connectivity index (χ4n) is 2.59. The summed E-state index contributed by atoms with van der Waals surface area (Å²) in [5.41, 5.74) is 2.48. The number of halogens is 2. The van der Waals surface area contributed by atoms with Crippen molar-refractivity contribution in [1.29, 1.82) is 0 Å². The number of allylic oxidation sites excluding steroid dienone is 1. The quantitative estimate of drug-likeness (QED) is 0.356. The summed E-state index contributed by atoms with van der Waals surface area (Å²) in [5.74, 6) is 0.795. The van der Waals surface area contributed by atoms with Crippen molar-refractivity contribution in [1.82, 2.24) is 14.8 Å². The van der Waals surface area contributed by atoms with Crippen LogP contribution in [-0.2, 0) is 11.3 Å². The Balaban J connectivity index is 1.75. The molecular formula is C20H18BrClN4OS. The molecule has 0 saturated heterocycles. The van der Waals surface area contributed by atoms with Gasteiger partial charge in [0.15, 0.2) is 11.0 Å². The molecule has 0 aliphatic carbocycles. The number of thioether (sulfide) groups is 1. The molecule has 0 bridgehead atoms. The first-order chi connectivity index (χ1) is 13.5. The summed E-state index contributed by atoms with van der Waals surface area (Å²) in [5, 5.41) is 12.8. The van der Waals surface area contributed by atoms with E-state index in [4.69, 9.17) is 11.6 Å². The van der Waals surface area contributed by atoms with Crippen LogP contribution in [0.15, 0.2) is 64.7 Å². The van der Waals surface area contributed by atoms with Crippen LogP contribution in [0.2, 0.25) is 5.02 Å². The second-order valence-corrected chi connectivity index (χ2v) is 8.14. The van der Waals surface area contributed by atoms with E-state index in [-0.39, 0.29) is 11.7 Å². The molecule has 3 rings (SSSR count). The number of carbonyl (C=O) groups is 1. The van der Waals surface area contributed by atoms with Gasteiger partial charge in [-0.2, -0.15) is 0 Å². The summed E-state index contributed by atoms with van der Waals surface area (Å²) < 4.78 is 2.87. The molecule has 2 aromatic carbocycles. The van der Waals surface area contributed by atoms with Crippen LogP contribution in [0.1, 0.15) is 5.56 Å². The highest BCUT2D eigenvalue weighted by Gasteiger charge is 2.17. The number of benzene rings is 2. The minimum absolute atomic E-state index is 0.133. The van der Waals surface area contributed by atoms with Gasteiger partial charge in [-0.05, 0) is 30.7 Å². The molecule has 0 saturated carbocycles. The van der Waals surface area contributed by atoms with E-state index in [1.807, 2.05) is 47.9 Å². The van der Waals surface area contributed by atoms with E-state index in [0.717, 1.165) is 21.4 Å². The Morgan fingerprint density at radius 3 is 2.82 bits per heavy atom. The monoisotopic (exact) mass is 476 g/mol. The van der Waals surface area contributed by atoms with Crippen molar-refractivity contribution in [2.75, 3.05) is 11.1 Å². The Morgan fingerprint density at radius 2 is 2.07 bits per heavy atom. The Labute approximate surface area is 181 Å². The number of amides is 1. The van der Waals surface area contributed by atoms with Crippen molar-refractivity contribution in [3.8, 4) is 11.4 Å². The van der Waals surface area contributed by atoms with E-state index in [1.165, 1.54) is 11.8 Å². The highest BCUT2D eigenvalue weighted by molar-refractivity contribution is 9.10. The fourth-order valence-corrected chi connectivity index (χ4v) is 3.97. The molecule has 0 spiro atoms. The van der Waals surface area contributed by atoms with Gasteiger partial charge in [0, 0.05) is 27.3 Å². The summed E-state index contributed by atoms with van der Waals surface area (Å²) in [6.07, 6.45) is 1.78. The Kier molecular flexibility index (Phi) is 6.93. The Morgan fingerprint density at radius 1 is 1.29 bits per heavy atom. The highest BCUT2D eigenvalue weighted by Crippen LogP contribution is 2.30. The third-order valence-corrected chi connectivity index (χ3v) is 6.09. The van der Waals surface area contributed by atoms with Crippen molar-refractivity contribution in [2.24, 2.45) is 0 Å². The van der Waals surface area contributed by atoms with Gasteiger partial charge in [-0.3, -0.25) is 9.36 Å². The normalized spacial score (nSPS) is 10.7. The number of carbonyl (C=O) groups excluding carboxylic acids is 1. The lowest BCUT2D eigenvalue weighted by Gasteiger charge is -2.10. The summed E-state index contributed by atoms with van der Waals surface area (Å²) in [6, 6.07) is 13.2. The van der Waals surface area contributed by atoms with Crippen LogP contribution in [-0.4, -0.2) is 26.4 Å². The number of nitrogens with one attached hydrogen (secondary N) is 1. The van der Waals surface area contributed by atoms with Gasteiger partial charge >= 0.3 is 0 Å². The van der Waals surface area contributed by atoms with Crippen molar-refractivity contribution >= 4 is 50.9 Å². The van der Waals surface area contributed by atoms with Crippen LogP contribution in [0.25, 0.3) is 11.4 Å². The van der Waals surface area contributed by atoms with Crippen LogP contribution in [0.3, 0.4) is 0 Å². The van der Waals surface area contributed by atoms with E-state index in [0.29, 0.717) is 22.4 Å². The highest BCUT2D eigenvalue weighted by atomic mass is 79.9. The Bertz CT molecular complexity index is 1020. The average molecular weight is 478 g/mol. The van der Waals surface area contributed by atoms with Gasteiger partial charge < -0.3 is 5.32 Å². The van der Waals surface area contributed by atoms with Crippen molar-refractivity contribution in [3.63, 3.8) is 0 Å². The van der Waals surface area contributed by atoms with Gasteiger partial charge in [0.25, 0.3) is 0 Å². The van der Waals surface area contributed by atoms with Crippen LogP contribution in [0, 0.1) is 6.92 Å². The lowest BCUT2D eigenvalue weighted by molar-refractivity contribution is -0.113. The Hall–Kier alpha value is -2.09. The molecule has 0 unspecified atom stereocenters. The van der Waals surface area contributed by atoms with E-state index >= 15 is 0 Å². The minimum atomic E-state index is -0.133. The molecule has 0 aliphatic rings. The summed E-state index contributed by atoms with van der Waals surface area (Å²) in [7, 11) is 0. The first-order valence-electron chi connectivity index (χ1n) is 8.48. The smallest absolute Gasteiger partial charge is 0.234 e. The standard InChI is InChI=1S/C20H18BrClN4OS/c1-3-11-26-19(14-7-4-5-8-15(14)21)24-25-20(26)28-12-18(27)23-17-10-6-9-16(22)13(17)2/h3-10H,1,11-12H2,2H3,(H,23,27). The minimum Gasteiger partial charge on any atom is -0.325 e. The molecule has 1 aromatic heterocycles. The molecule has 1 N–H and O–H groups in total. The first-order valence-corrected chi connectivity index (χ1v) is 10.6. The molecule has 144 valence electrons. The van der Waals surface area contributed by atoms with E-state index in [1.54, 1.807) is 12.1 Å². The van der Waals surface area contributed by atoms with Crippen molar-refractivity contribution < 1.29 is 4.79 Å². The lowest BCUT2D eigenvalue weighted by atomic mass is 10.2. The lowest BCUT2D eigenvalue weighted by Crippen LogP contribution is -2.15. The molecule has 5 nitrogen and oxygen atoms in total. The fraction of sp³-hybridized carbons (Fsp3) is 0.150. The molecule has 1 heterocycles. The molecule has 28 heavy (non-hydrogen) atoms. The maximum atomic E-state index is 12.4. The van der Waals surface area contributed by atoms with Crippen LogP contribution < -0.4 is 5.32 Å². The van der Waals surface area contributed by atoms with Gasteiger partial charge in [-0.15, -0.1) is 16.8 Å². The second kappa shape index (κ2) is 9.41. The third-order valence-electron chi connectivity index (χ3n) is 4.02. The van der Waals surface area contributed by atoms with Gasteiger partial charge in [0.1, 0.15) is 0 Å². The van der Waals surface area contributed by atoms with Gasteiger partial charge in [0.2, 0.25) is 5.91 Å². The van der Waals surface area contributed by atoms with E-state index < -0.39 is 0 Å². The zero-order chi connectivity index (χ0) is 20.1. The number of rotatable bonds is 7. The van der Waals surface area contributed by atoms with Crippen molar-refractivity contribution in [3.05, 3.63) is 70.2 Å². The maximum absolute atomic E-state index is 12.4. The predicted octanol–water partition coefficient (Wildman–Crippen LogP) is 5.59. The van der Waals surface area contributed by atoms with Crippen molar-refractivity contribution in [2.45, 2.75) is 18.6 Å². The molecular weight excluding hydrogens is 460 g/mol. The number of aromatic nitrogens is 3. The topological polar surface area (TPSA) is 59.8 Å². The molecule has 8 heteroatoms. The zero-order valence-corrected chi connectivity index (χ0v) is 18.3. The molecule has 0 aliphatic heterocycles. The van der Waals surface area contributed by atoms with Gasteiger partial charge in [0.05, 0.1) is 5.75 Å². The first kappa shape index (κ1) is 20.6.